The summed E-state index contributed by atoms with van der Waals surface area (Å²) in [7, 11) is 1.37. The molecule has 0 N–H and O–H groups in total. The molecule has 0 atom stereocenters. The number of benzene rings is 1. The van der Waals surface area contributed by atoms with Gasteiger partial charge in [0.2, 0.25) is 0 Å². The number of rotatable bonds is 6. The molecule has 4 rings (SSSR count). The molecular weight excluding hydrogens is 350 g/mol. The van der Waals surface area contributed by atoms with Crippen LogP contribution in [0.25, 0.3) is 28.1 Å². The number of carbonyl (C=O) groups is 1. The van der Waals surface area contributed by atoms with Crippen LogP contribution in [0.15, 0.2) is 67.0 Å². The predicted molar refractivity (Wildman–Crippen MR) is 111 cm³/mol. The molecule has 0 amide bonds. The summed E-state index contributed by atoms with van der Waals surface area (Å²) in [5.41, 5.74) is 4.24. The molecule has 0 saturated carbocycles. The number of hydrogen-bond donors (Lipinski definition) is 0. The van der Waals surface area contributed by atoms with Gasteiger partial charge in [-0.25, -0.2) is 14.8 Å². The zero-order valence-electron chi connectivity index (χ0n) is 15.7. The van der Waals surface area contributed by atoms with Crippen molar-refractivity contribution in [2.45, 2.75) is 19.3 Å². The van der Waals surface area contributed by atoms with Gasteiger partial charge in [-0.2, -0.15) is 0 Å². The van der Waals surface area contributed by atoms with Gasteiger partial charge in [0.15, 0.2) is 5.65 Å². The standard InChI is InChI=1S/C23H21N3O2/c1-28-22(27)12-15-26-14-11-19-16-17(7-10-21(19)26)4-2-6-20-9-8-18-5-3-13-24-23(18)25-20/h3,5,7-16H,2,4,6H2,1H3/b15-12+. The lowest BCUT2D eigenvalue weighted by Crippen LogP contribution is -1.95. The van der Waals surface area contributed by atoms with Crippen molar-refractivity contribution in [1.82, 2.24) is 14.5 Å². The van der Waals surface area contributed by atoms with E-state index in [4.69, 9.17) is 0 Å². The molecule has 0 spiro atoms. The van der Waals surface area contributed by atoms with Crippen molar-refractivity contribution < 1.29 is 9.53 Å². The van der Waals surface area contributed by atoms with Gasteiger partial charge in [0, 0.05) is 41.1 Å². The second-order valence-corrected chi connectivity index (χ2v) is 6.66. The van der Waals surface area contributed by atoms with Crippen molar-refractivity contribution in [3.05, 3.63) is 78.3 Å². The molecule has 5 nitrogen and oxygen atoms in total. The molecule has 0 aliphatic heterocycles. The highest BCUT2D eigenvalue weighted by Gasteiger charge is 2.03. The number of carbonyl (C=O) groups excluding carboxylic acids is 1. The largest absolute Gasteiger partial charge is 0.466 e. The van der Waals surface area contributed by atoms with E-state index in [9.17, 15) is 4.79 Å². The van der Waals surface area contributed by atoms with Crippen molar-refractivity contribution in [3.8, 4) is 0 Å². The van der Waals surface area contributed by atoms with E-state index in [1.165, 1.54) is 18.7 Å². The smallest absolute Gasteiger partial charge is 0.331 e. The van der Waals surface area contributed by atoms with Crippen LogP contribution in [0, 0.1) is 0 Å². The average Bonchev–Trinajstić information content (AvgIpc) is 3.14. The third kappa shape index (κ3) is 3.93. The molecule has 0 saturated heterocycles. The zero-order valence-corrected chi connectivity index (χ0v) is 15.7. The van der Waals surface area contributed by atoms with Crippen LogP contribution in [0.4, 0.5) is 0 Å². The van der Waals surface area contributed by atoms with Gasteiger partial charge in [-0.1, -0.05) is 6.07 Å². The Bertz CT molecular complexity index is 1160. The van der Waals surface area contributed by atoms with E-state index in [0.717, 1.165) is 46.9 Å². The fourth-order valence-electron chi connectivity index (χ4n) is 3.31. The molecule has 0 radical (unpaired) electrons. The van der Waals surface area contributed by atoms with Gasteiger partial charge in [-0.15, -0.1) is 0 Å². The van der Waals surface area contributed by atoms with Crippen LogP contribution in [-0.4, -0.2) is 27.6 Å². The molecule has 3 aromatic heterocycles. The first-order valence-corrected chi connectivity index (χ1v) is 9.29. The number of fused-ring (bicyclic) bond motifs is 2. The van der Waals surface area contributed by atoms with Crippen molar-refractivity contribution in [1.29, 1.82) is 0 Å². The Kier molecular flexibility index (Phi) is 5.15. The first-order chi connectivity index (χ1) is 13.7. The molecule has 1 aromatic carbocycles. The summed E-state index contributed by atoms with van der Waals surface area (Å²) in [6.07, 6.45) is 9.79. The van der Waals surface area contributed by atoms with Crippen molar-refractivity contribution in [3.63, 3.8) is 0 Å². The molecule has 0 fully saturated rings. The Morgan fingerprint density at radius 3 is 2.93 bits per heavy atom. The first kappa shape index (κ1) is 17.9. The van der Waals surface area contributed by atoms with E-state index in [-0.39, 0.29) is 5.97 Å². The van der Waals surface area contributed by atoms with Crippen LogP contribution >= 0.6 is 0 Å². The van der Waals surface area contributed by atoms with Crippen molar-refractivity contribution in [2.24, 2.45) is 0 Å². The van der Waals surface area contributed by atoms with Gasteiger partial charge < -0.3 is 9.30 Å². The van der Waals surface area contributed by atoms with Gasteiger partial charge >= 0.3 is 5.97 Å². The van der Waals surface area contributed by atoms with Crippen LogP contribution in [0.1, 0.15) is 17.7 Å². The first-order valence-electron chi connectivity index (χ1n) is 9.29. The third-order valence-electron chi connectivity index (χ3n) is 4.78. The van der Waals surface area contributed by atoms with Gasteiger partial charge in [0.25, 0.3) is 0 Å². The van der Waals surface area contributed by atoms with E-state index in [2.05, 4.69) is 51.1 Å². The lowest BCUT2D eigenvalue weighted by molar-refractivity contribution is -0.134. The van der Waals surface area contributed by atoms with E-state index in [0.29, 0.717) is 0 Å². The normalized spacial score (nSPS) is 11.5. The lowest BCUT2D eigenvalue weighted by Gasteiger charge is -2.05. The summed E-state index contributed by atoms with van der Waals surface area (Å²) >= 11 is 0. The minimum absolute atomic E-state index is 0.365. The molecule has 140 valence electrons. The summed E-state index contributed by atoms with van der Waals surface area (Å²) in [4.78, 5) is 20.2. The molecular formula is C23H21N3O2. The van der Waals surface area contributed by atoms with Crippen molar-refractivity contribution >= 4 is 34.1 Å². The second-order valence-electron chi connectivity index (χ2n) is 6.66. The minimum Gasteiger partial charge on any atom is -0.466 e. The van der Waals surface area contributed by atoms with Crippen LogP contribution in [0.2, 0.25) is 0 Å². The number of aryl methyl sites for hydroxylation is 2. The number of pyridine rings is 2. The zero-order chi connectivity index (χ0) is 19.3. The second kappa shape index (κ2) is 8.05. The molecule has 0 aliphatic rings. The number of nitrogens with zero attached hydrogens (tertiary/aromatic N) is 3. The summed E-state index contributed by atoms with van der Waals surface area (Å²) in [6.45, 7) is 0. The highest BCUT2D eigenvalue weighted by atomic mass is 16.5. The van der Waals surface area contributed by atoms with E-state index >= 15 is 0 Å². The van der Waals surface area contributed by atoms with Gasteiger partial charge in [-0.3, -0.25) is 0 Å². The molecule has 0 aliphatic carbocycles. The lowest BCUT2D eigenvalue weighted by atomic mass is 10.0. The number of esters is 1. The number of methoxy groups -OCH3 is 1. The van der Waals surface area contributed by atoms with E-state index in [1.807, 2.05) is 22.9 Å². The number of hydrogen-bond acceptors (Lipinski definition) is 4. The maximum Gasteiger partial charge on any atom is 0.331 e. The monoisotopic (exact) mass is 371 g/mol. The van der Waals surface area contributed by atoms with Crippen molar-refractivity contribution in [2.75, 3.05) is 7.11 Å². The van der Waals surface area contributed by atoms with Crippen LogP contribution < -0.4 is 0 Å². The summed E-state index contributed by atoms with van der Waals surface area (Å²) in [5, 5.41) is 2.22. The Balaban J connectivity index is 1.42. The Morgan fingerprint density at radius 2 is 2.04 bits per heavy atom. The number of aromatic nitrogens is 3. The van der Waals surface area contributed by atoms with Crippen LogP contribution in [-0.2, 0) is 22.4 Å². The third-order valence-corrected chi connectivity index (χ3v) is 4.78. The number of ether oxygens (including phenoxy) is 1. The molecule has 28 heavy (non-hydrogen) atoms. The molecule has 0 unspecified atom stereocenters. The van der Waals surface area contributed by atoms with Gasteiger partial charge in [0.1, 0.15) is 0 Å². The van der Waals surface area contributed by atoms with Crippen LogP contribution in [0.3, 0.4) is 0 Å². The Labute approximate surface area is 163 Å². The Morgan fingerprint density at radius 1 is 1.11 bits per heavy atom. The SMILES string of the molecule is COC(=O)/C=C/n1ccc2cc(CCCc3ccc4cccnc4n3)ccc21. The molecule has 5 heteroatoms. The average molecular weight is 371 g/mol. The van der Waals surface area contributed by atoms with E-state index < -0.39 is 0 Å². The molecule has 0 bridgehead atoms. The molecule has 3 heterocycles. The van der Waals surface area contributed by atoms with Crippen LogP contribution in [0.5, 0.6) is 0 Å². The highest BCUT2D eigenvalue weighted by Crippen LogP contribution is 2.20. The minimum atomic E-state index is -0.365. The Hall–Kier alpha value is -3.47. The molecule has 4 aromatic rings. The summed E-state index contributed by atoms with van der Waals surface area (Å²) in [6, 6.07) is 16.6. The highest BCUT2D eigenvalue weighted by molar-refractivity contribution is 5.88. The quantitative estimate of drug-likeness (QED) is 0.372. The van der Waals surface area contributed by atoms with E-state index in [1.54, 1.807) is 12.4 Å². The van der Waals surface area contributed by atoms with Gasteiger partial charge in [-0.05, 0) is 67.3 Å². The fraction of sp³-hybridized carbons (Fsp3) is 0.174. The van der Waals surface area contributed by atoms with Gasteiger partial charge in [0.05, 0.1) is 12.6 Å². The predicted octanol–water partition coefficient (Wildman–Crippen LogP) is 4.40. The summed E-state index contributed by atoms with van der Waals surface area (Å²) < 4.78 is 6.55. The fourth-order valence-corrected chi connectivity index (χ4v) is 3.31. The maximum atomic E-state index is 11.3. The topological polar surface area (TPSA) is 57.0 Å². The summed E-state index contributed by atoms with van der Waals surface area (Å²) in [5.74, 6) is -0.365. The maximum absolute atomic E-state index is 11.3.